The molecule has 78 valence electrons. The van der Waals surface area contributed by atoms with Crippen molar-refractivity contribution in [3.05, 3.63) is 42.9 Å². The number of hydrogen-bond donors (Lipinski definition) is 0. The molecule has 1 aromatic carbocycles. The van der Waals surface area contributed by atoms with Crippen LogP contribution in [0.5, 0.6) is 0 Å². The molecule has 0 bridgehead atoms. The highest BCUT2D eigenvalue weighted by Gasteiger charge is 2.06. The molecule has 0 amide bonds. The van der Waals surface area contributed by atoms with Crippen LogP contribution in [-0.2, 0) is 7.05 Å². The van der Waals surface area contributed by atoms with Gasteiger partial charge in [-0.05, 0) is 12.1 Å². The van der Waals surface area contributed by atoms with Gasteiger partial charge in [0.05, 0.1) is 17.2 Å². The van der Waals surface area contributed by atoms with Crippen LogP contribution >= 0.6 is 0 Å². The van der Waals surface area contributed by atoms with Gasteiger partial charge in [-0.3, -0.25) is 4.98 Å². The molecule has 0 saturated heterocycles. The van der Waals surface area contributed by atoms with Gasteiger partial charge in [0.2, 0.25) is 0 Å². The van der Waals surface area contributed by atoms with Crippen molar-refractivity contribution in [1.29, 1.82) is 0 Å². The van der Waals surface area contributed by atoms with Crippen molar-refractivity contribution in [3.63, 3.8) is 0 Å². The summed E-state index contributed by atoms with van der Waals surface area (Å²) >= 11 is 0. The lowest BCUT2D eigenvalue weighted by Gasteiger charge is -2.02. The SMILES string of the molecule is Cn1ccnc1-c1cnc2ccccc2n1. The second kappa shape index (κ2) is 3.41. The second-order valence-electron chi connectivity index (χ2n) is 3.61. The van der Waals surface area contributed by atoms with Crippen LogP contribution in [0.3, 0.4) is 0 Å². The lowest BCUT2D eigenvalue weighted by molar-refractivity contribution is 0.917. The summed E-state index contributed by atoms with van der Waals surface area (Å²) in [5.74, 6) is 0.832. The van der Waals surface area contributed by atoms with Crippen molar-refractivity contribution in [2.45, 2.75) is 0 Å². The maximum atomic E-state index is 4.53. The van der Waals surface area contributed by atoms with Crippen LogP contribution in [-0.4, -0.2) is 19.5 Å². The van der Waals surface area contributed by atoms with Crippen molar-refractivity contribution in [1.82, 2.24) is 19.5 Å². The monoisotopic (exact) mass is 210 g/mol. The number of imidazole rings is 1. The molecule has 16 heavy (non-hydrogen) atoms. The highest BCUT2D eigenvalue weighted by molar-refractivity contribution is 5.75. The molecule has 0 aliphatic carbocycles. The Morgan fingerprint density at radius 1 is 1.06 bits per heavy atom. The molecule has 0 N–H and O–H groups in total. The average Bonchev–Trinajstić information content (AvgIpc) is 2.75. The molecule has 0 aliphatic rings. The van der Waals surface area contributed by atoms with E-state index >= 15 is 0 Å². The first-order valence-corrected chi connectivity index (χ1v) is 5.04. The maximum absolute atomic E-state index is 4.53. The molecule has 0 aliphatic heterocycles. The third-order valence-electron chi connectivity index (χ3n) is 2.50. The van der Waals surface area contributed by atoms with Crippen LogP contribution in [0.25, 0.3) is 22.6 Å². The van der Waals surface area contributed by atoms with E-state index in [9.17, 15) is 0 Å². The highest BCUT2D eigenvalue weighted by Crippen LogP contribution is 2.16. The standard InChI is InChI=1S/C12H10N4/c1-16-7-6-13-12(16)11-8-14-9-4-2-3-5-10(9)15-11/h2-8H,1H3. The summed E-state index contributed by atoms with van der Waals surface area (Å²) < 4.78 is 1.93. The lowest BCUT2D eigenvalue weighted by Crippen LogP contribution is -1.95. The molecular formula is C12H10N4. The first-order valence-electron chi connectivity index (χ1n) is 5.04. The van der Waals surface area contributed by atoms with Gasteiger partial charge >= 0.3 is 0 Å². The van der Waals surface area contributed by atoms with Crippen LogP contribution in [0, 0.1) is 0 Å². The molecule has 4 heteroatoms. The van der Waals surface area contributed by atoms with Crippen LogP contribution in [0.4, 0.5) is 0 Å². The van der Waals surface area contributed by atoms with Gasteiger partial charge in [0, 0.05) is 19.4 Å². The fourth-order valence-corrected chi connectivity index (χ4v) is 1.68. The Morgan fingerprint density at radius 2 is 1.88 bits per heavy atom. The summed E-state index contributed by atoms with van der Waals surface area (Å²) in [6, 6.07) is 7.82. The summed E-state index contributed by atoms with van der Waals surface area (Å²) in [6.07, 6.45) is 5.41. The van der Waals surface area contributed by atoms with Crippen molar-refractivity contribution in [2.75, 3.05) is 0 Å². The van der Waals surface area contributed by atoms with E-state index in [1.165, 1.54) is 0 Å². The third-order valence-corrected chi connectivity index (χ3v) is 2.50. The number of fused-ring (bicyclic) bond motifs is 1. The van der Waals surface area contributed by atoms with Crippen LogP contribution in [0.15, 0.2) is 42.9 Å². The molecule has 0 fully saturated rings. The zero-order valence-electron chi connectivity index (χ0n) is 8.83. The molecule has 0 radical (unpaired) electrons. The number of rotatable bonds is 1. The third kappa shape index (κ3) is 1.35. The minimum absolute atomic E-state index is 0.797. The molecule has 0 atom stereocenters. The quantitative estimate of drug-likeness (QED) is 0.617. The first-order chi connectivity index (χ1) is 7.84. The largest absolute Gasteiger partial charge is 0.333 e. The Labute approximate surface area is 92.6 Å². The summed E-state index contributed by atoms with van der Waals surface area (Å²) in [4.78, 5) is 13.1. The molecule has 0 saturated carbocycles. The fraction of sp³-hybridized carbons (Fsp3) is 0.0833. The molecular weight excluding hydrogens is 200 g/mol. The van der Waals surface area contributed by atoms with E-state index in [2.05, 4.69) is 15.0 Å². The second-order valence-corrected chi connectivity index (χ2v) is 3.61. The first kappa shape index (κ1) is 9.03. The van der Waals surface area contributed by atoms with Gasteiger partial charge in [-0.25, -0.2) is 9.97 Å². The van der Waals surface area contributed by atoms with Gasteiger partial charge in [0.1, 0.15) is 5.69 Å². The number of nitrogens with zero attached hydrogens (tertiary/aromatic N) is 4. The average molecular weight is 210 g/mol. The predicted octanol–water partition coefficient (Wildman–Crippen LogP) is 2.03. The van der Waals surface area contributed by atoms with E-state index in [0.717, 1.165) is 22.6 Å². The van der Waals surface area contributed by atoms with Gasteiger partial charge in [0.15, 0.2) is 5.82 Å². The minimum atomic E-state index is 0.797. The van der Waals surface area contributed by atoms with Gasteiger partial charge < -0.3 is 4.57 Å². The molecule has 2 aromatic heterocycles. The van der Waals surface area contributed by atoms with E-state index in [0.29, 0.717) is 0 Å². The molecule has 3 rings (SSSR count). The summed E-state index contributed by atoms with van der Waals surface area (Å²) in [6.45, 7) is 0. The zero-order valence-corrected chi connectivity index (χ0v) is 8.83. The van der Waals surface area contributed by atoms with E-state index in [4.69, 9.17) is 0 Å². The molecule has 2 heterocycles. The van der Waals surface area contributed by atoms with Crippen LogP contribution < -0.4 is 0 Å². The van der Waals surface area contributed by atoms with Gasteiger partial charge in [-0.15, -0.1) is 0 Å². The van der Waals surface area contributed by atoms with Crippen molar-refractivity contribution in [3.8, 4) is 11.5 Å². The van der Waals surface area contributed by atoms with E-state index in [-0.39, 0.29) is 0 Å². The Hall–Kier alpha value is -2.23. The number of aryl methyl sites for hydroxylation is 1. The summed E-state index contributed by atoms with van der Waals surface area (Å²) in [7, 11) is 1.94. The van der Waals surface area contributed by atoms with Crippen LogP contribution in [0.2, 0.25) is 0 Å². The molecule has 0 unspecified atom stereocenters. The van der Waals surface area contributed by atoms with Gasteiger partial charge in [-0.1, -0.05) is 12.1 Å². The van der Waals surface area contributed by atoms with E-state index in [1.807, 2.05) is 42.1 Å². The van der Waals surface area contributed by atoms with Crippen molar-refractivity contribution in [2.24, 2.45) is 7.05 Å². The zero-order chi connectivity index (χ0) is 11.0. The van der Waals surface area contributed by atoms with Crippen molar-refractivity contribution < 1.29 is 0 Å². The minimum Gasteiger partial charge on any atom is -0.333 e. The topological polar surface area (TPSA) is 43.6 Å². The lowest BCUT2D eigenvalue weighted by atomic mass is 10.3. The van der Waals surface area contributed by atoms with Gasteiger partial charge in [0.25, 0.3) is 0 Å². The number of benzene rings is 1. The molecule has 4 nitrogen and oxygen atoms in total. The Kier molecular flexibility index (Phi) is 1.93. The number of aromatic nitrogens is 4. The summed E-state index contributed by atoms with van der Waals surface area (Å²) in [5, 5.41) is 0. The molecule has 3 aromatic rings. The fourth-order valence-electron chi connectivity index (χ4n) is 1.68. The van der Waals surface area contributed by atoms with E-state index < -0.39 is 0 Å². The van der Waals surface area contributed by atoms with Gasteiger partial charge in [-0.2, -0.15) is 0 Å². The van der Waals surface area contributed by atoms with Crippen LogP contribution in [0.1, 0.15) is 0 Å². The Morgan fingerprint density at radius 3 is 2.62 bits per heavy atom. The Bertz CT molecular complexity index is 642. The normalized spacial score (nSPS) is 10.8. The highest BCUT2D eigenvalue weighted by atomic mass is 15.1. The molecule has 0 spiro atoms. The van der Waals surface area contributed by atoms with E-state index in [1.54, 1.807) is 12.4 Å². The number of para-hydroxylation sites is 2. The number of hydrogen-bond acceptors (Lipinski definition) is 3. The smallest absolute Gasteiger partial charge is 0.160 e. The van der Waals surface area contributed by atoms with Crippen molar-refractivity contribution >= 4 is 11.0 Å². The maximum Gasteiger partial charge on any atom is 0.160 e. The Balaban J connectivity index is 2.23. The predicted molar refractivity (Wildman–Crippen MR) is 61.7 cm³/mol. The summed E-state index contributed by atoms with van der Waals surface area (Å²) in [5.41, 5.74) is 2.59.